The summed E-state index contributed by atoms with van der Waals surface area (Å²) in [5.74, 6) is 0. The predicted molar refractivity (Wildman–Crippen MR) is 43.9 cm³/mol. The Kier molecular flexibility index (Phi) is 2.24. The highest BCUT2D eigenvalue weighted by atomic mass is 79.9. The van der Waals surface area contributed by atoms with Crippen molar-refractivity contribution in [2.24, 2.45) is 0 Å². The SMILES string of the molecule is CCc1nc(C)sc1Br. The van der Waals surface area contributed by atoms with Crippen molar-refractivity contribution in [3.63, 3.8) is 0 Å². The summed E-state index contributed by atoms with van der Waals surface area (Å²) < 4.78 is 1.18. The maximum absolute atomic E-state index is 4.30. The van der Waals surface area contributed by atoms with Crippen LogP contribution in [0.3, 0.4) is 0 Å². The Labute approximate surface area is 67.3 Å². The number of aromatic nitrogens is 1. The van der Waals surface area contributed by atoms with Gasteiger partial charge in [0, 0.05) is 0 Å². The van der Waals surface area contributed by atoms with Crippen LogP contribution in [0, 0.1) is 6.92 Å². The molecule has 1 nitrogen and oxygen atoms in total. The normalized spacial score (nSPS) is 10.1. The second-order valence-electron chi connectivity index (χ2n) is 1.81. The number of hydrogen-bond donors (Lipinski definition) is 0. The van der Waals surface area contributed by atoms with Gasteiger partial charge in [-0.05, 0) is 29.3 Å². The van der Waals surface area contributed by atoms with Gasteiger partial charge in [0.15, 0.2) is 0 Å². The van der Waals surface area contributed by atoms with Crippen LogP contribution in [-0.2, 0) is 6.42 Å². The highest BCUT2D eigenvalue weighted by Crippen LogP contribution is 2.24. The summed E-state index contributed by atoms with van der Waals surface area (Å²) in [7, 11) is 0. The number of aryl methyl sites for hydroxylation is 2. The van der Waals surface area contributed by atoms with Crippen molar-refractivity contribution in [3.05, 3.63) is 14.5 Å². The van der Waals surface area contributed by atoms with E-state index >= 15 is 0 Å². The predicted octanol–water partition coefficient (Wildman–Crippen LogP) is 2.78. The van der Waals surface area contributed by atoms with Gasteiger partial charge in [0.2, 0.25) is 0 Å². The van der Waals surface area contributed by atoms with Gasteiger partial charge in [0.25, 0.3) is 0 Å². The van der Waals surface area contributed by atoms with Crippen LogP contribution in [-0.4, -0.2) is 4.98 Å². The van der Waals surface area contributed by atoms with Crippen molar-refractivity contribution in [1.82, 2.24) is 4.98 Å². The van der Waals surface area contributed by atoms with Crippen LogP contribution in [0.1, 0.15) is 17.6 Å². The van der Waals surface area contributed by atoms with E-state index < -0.39 is 0 Å². The molecular weight excluding hydrogens is 198 g/mol. The van der Waals surface area contributed by atoms with Gasteiger partial charge < -0.3 is 0 Å². The average Bonchev–Trinajstić information content (AvgIpc) is 2.10. The van der Waals surface area contributed by atoms with Gasteiger partial charge in [-0.2, -0.15) is 0 Å². The zero-order valence-electron chi connectivity index (χ0n) is 5.44. The van der Waals surface area contributed by atoms with Gasteiger partial charge >= 0.3 is 0 Å². The Hall–Kier alpha value is 0.110. The van der Waals surface area contributed by atoms with Crippen LogP contribution in [0.25, 0.3) is 0 Å². The van der Waals surface area contributed by atoms with Crippen LogP contribution >= 0.6 is 27.3 Å². The van der Waals surface area contributed by atoms with Gasteiger partial charge in [0.05, 0.1) is 14.5 Å². The summed E-state index contributed by atoms with van der Waals surface area (Å²) in [6.45, 7) is 4.13. The van der Waals surface area contributed by atoms with Crippen LogP contribution < -0.4 is 0 Å². The third-order valence-electron chi connectivity index (χ3n) is 1.09. The Morgan fingerprint density at radius 1 is 1.67 bits per heavy atom. The van der Waals surface area contributed by atoms with E-state index in [1.54, 1.807) is 11.3 Å². The molecule has 0 spiro atoms. The lowest BCUT2D eigenvalue weighted by molar-refractivity contribution is 1.04. The molecule has 1 aromatic rings. The molecule has 0 N–H and O–H groups in total. The summed E-state index contributed by atoms with van der Waals surface area (Å²) in [4.78, 5) is 4.30. The minimum atomic E-state index is 1.02. The maximum Gasteiger partial charge on any atom is 0.0931 e. The number of thiazole rings is 1. The van der Waals surface area contributed by atoms with Crippen molar-refractivity contribution in [2.45, 2.75) is 20.3 Å². The van der Waals surface area contributed by atoms with E-state index in [9.17, 15) is 0 Å². The van der Waals surface area contributed by atoms with E-state index in [2.05, 4.69) is 27.8 Å². The summed E-state index contributed by atoms with van der Waals surface area (Å²) in [5, 5.41) is 1.14. The topological polar surface area (TPSA) is 12.9 Å². The molecular formula is C6H8BrNS. The molecule has 0 amide bonds. The van der Waals surface area contributed by atoms with Crippen LogP contribution in [0.2, 0.25) is 0 Å². The molecule has 0 aliphatic carbocycles. The minimum Gasteiger partial charge on any atom is -0.245 e. The number of halogens is 1. The lowest BCUT2D eigenvalue weighted by Crippen LogP contribution is -1.78. The molecule has 0 saturated carbocycles. The fourth-order valence-electron chi connectivity index (χ4n) is 0.663. The minimum absolute atomic E-state index is 1.02. The van der Waals surface area contributed by atoms with E-state index in [1.807, 2.05) is 6.92 Å². The van der Waals surface area contributed by atoms with E-state index in [1.165, 1.54) is 9.48 Å². The molecule has 0 unspecified atom stereocenters. The van der Waals surface area contributed by atoms with Crippen LogP contribution in [0.4, 0.5) is 0 Å². The first-order chi connectivity index (χ1) is 4.24. The summed E-state index contributed by atoms with van der Waals surface area (Å²) in [6, 6.07) is 0. The van der Waals surface area contributed by atoms with E-state index in [0.717, 1.165) is 11.4 Å². The van der Waals surface area contributed by atoms with Gasteiger partial charge in [0.1, 0.15) is 0 Å². The lowest BCUT2D eigenvalue weighted by Gasteiger charge is -1.84. The highest BCUT2D eigenvalue weighted by molar-refractivity contribution is 9.11. The molecule has 0 aliphatic heterocycles. The fourth-order valence-corrected chi connectivity index (χ4v) is 2.46. The number of rotatable bonds is 1. The zero-order valence-corrected chi connectivity index (χ0v) is 7.84. The molecule has 1 aromatic heterocycles. The third kappa shape index (κ3) is 1.52. The molecule has 1 rings (SSSR count). The maximum atomic E-state index is 4.30. The third-order valence-corrected chi connectivity index (χ3v) is 2.84. The average molecular weight is 206 g/mol. The van der Waals surface area contributed by atoms with Crippen molar-refractivity contribution in [2.75, 3.05) is 0 Å². The molecule has 0 fully saturated rings. The largest absolute Gasteiger partial charge is 0.245 e. The van der Waals surface area contributed by atoms with Gasteiger partial charge in [-0.25, -0.2) is 4.98 Å². The molecule has 0 atom stereocenters. The Bertz CT molecular complexity index is 207. The molecule has 1 heterocycles. The lowest BCUT2D eigenvalue weighted by atomic mass is 10.4. The molecule has 3 heteroatoms. The van der Waals surface area contributed by atoms with Crippen molar-refractivity contribution in [1.29, 1.82) is 0 Å². The van der Waals surface area contributed by atoms with Gasteiger partial charge in [-0.3, -0.25) is 0 Å². The molecule has 0 aliphatic rings. The second kappa shape index (κ2) is 2.80. The Morgan fingerprint density at radius 3 is 2.56 bits per heavy atom. The molecule has 0 saturated heterocycles. The number of nitrogens with zero attached hydrogens (tertiary/aromatic N) is 1. The molecule has 0 aromatic carbocycles. The van der Waals surface area contributed by atoms with Gasteiger partial charge in [-0.1, -0.05) is 6.92 Å². The summed E-state index contributed by atoms with van der Waals surface area (Å²) >= 11 is 5.13. The highest BCUT2D eigenvalue weighted by Gasteiger charge is 2.01. The van der Waals surface area contributed by atoms with Crippen LogP contribution in [0.5, 0.6) is 0 Å². The first-order valence-corrected chi connectivity index (χ1v) is 4.46. The monoisotopic (exact) mass is 205 g/mol. The standard InChI is InChI=1S/C6H8BrNS/c1-3-5-6(7)9-4(2)8-5/h3H2,1-2H3. The van der Waals surface area contributed by atoms with Crippen molar-refractivity contribution >= 4 is 27.3 Å². The molecule has 0 radical (unpaired) electrons. The fraction of sp³-hybridized carbons (Fsp3) is 0.500. The Balaban J connectivity index is 3.01. The quantitative estimate of drug-likeness (QED) is 0.688. The van der Waals surface area contributed by atoms with Crippen molar-refractivity contribution < 1.29 is 0 Å². The molecule has 0 bridgehead atoms. The second-order valence-corrected chi connectivity index (χ2v) is 4.33. The first kappa shape index (κ1) is 7.22. The molecule has 9 heavy (non-hydrogen) atoms. The van der Waals surface area contributed by atoms with Crippen molar-refractivity contribution in [3.8, 4) is 0 Å². The van der Waals surface area contributed by atoms with E-state index in [-0.39, 0.29) is 0 Å². The van der Waals surface area contributed by atoms with Gasteiger partial charge in [-0.15, -0.1) is 11.3 Å². The summed E-state index contributed by atoms with van der Waals surface area (Å²) in [5.41, 5.74) is 1.18. The van der Waals surface area contributed by atoms with Crippen LogP contribution in [0.15, 0.2) is 3.79 Å². The summed E-state index contributed by atoms with van der Waals surface area (Å²) in [6.07, 6.45) is 1.02. The van der Waals surface area contributed by atoms with E-state index in [0.29, 0.717) is 0 Å². The smallest absolute Gasteiger partial charge is 0.0931 e. The Morgan fingerprint density at radius 2 is 2.33 bits per heavy atom. The zero-order chi connectivity index (χ0) is 6.85. The first-order valence-electron chi connectivity index (χ1n) is 2.86. The van der Waals surface area contributed by atoms with E-state index in [4.69, 9.17) is 0 Å². The molecule has 50 valence electrons. The number of hydrogen-bond acceptors (Lipinski definition) is 2.